The number of unbranched alkanes of at least 4 members (excludes halogenated alkanes) is 5. The first kappa shape index (κ1) is 30.2. The summed E-state index contributed by atoms with van der Waals surface area (Å²) in [5.41, 5.74) is 0. The van der Waals surface area contributed by atoms with Gasteiger partial charge in [-0.25, -0.2) is 9.59 Å². The van der Waals surface area contributed by atoms with E-state index < -0.39 is 0 Å². The van der Waals surface area contributed by atoms with Crippen LogP contribution in [0.15, 0.2) is 45.9 Å². The molecule has 190 valence electrons. The molecule has 0 spiro atoms. The predicted molar refractivity (Wildman–Crippen MR) is 159 cm³/mol. The summed E-state index contributed by atoms with van der Waals surface area (Å²) in [5.74, 6) is 4.01. The Morgan fingerprint density at radius 2 is 1.18 bits per heavy atom. The highest BCUT2D eigenvalue weighted by molar-refractivity contribution is 8.24. The van der Waals surface area contributed by atoms with Gasteiger partial charge in [-0.2, -0.15) is 23.5 Å². The summed E-state index contributed by atoms with van der Waals surface area (Å²) in [4.78, 5) is 24.5. The summed E-state index contributed by atoms with van der Waals surface area (Å²) in [6, 6.07) is 0. The van der Waals surface area contributed by atoms with Gasteiger partial charge in [0.15, 0.2) is 0 Å². The molecule has 0 radical (unpaired) electrons. The van der Waals surface area contributed by atoms with Gasteiger partial charge in [0.25, 0.3) is 0 Å². The van der Waals surface area contributed by atoms with Gasteiger partial charge in [-0.05, 0) is 35.2 Å². The van der Waals surface area contributed by atoms with Crippen LogP contribution in [0.3, 0.4) is 0 Å². The zero-order valence-corrected chi connectivity index (χ0v) is 24.3. The van der Waals surface area contributed by atoms with E-state index in [0.717, 1.165) is 21.3 Å². The van der Waals surface area contributed by atoms with Gasteiger partial charge in [0.05, 0.1) is 9.16 Å². The number of ether oxygens (including phenoxy) is 2. The number of thioether (sulfide) groups is 6. The first-order valence-electron chi connectivity index (χ1n) is 11.4. The first-order chi connectivity index (χ1) is 16.6. The fourth-order valence-corrected chi connectivity index (χ4v) is 10.7. The smallest absolute Gasteiger partial charge is 0.330 e. The van der Waals surface area contributed by atoms with Crippen LogP contribution in [0.1, 0.15) is 38.5 Å². The highest BCUT2D eigenvalue weighted by Crippen LogP contribution is 2.42. The molecule has 0 aliphatic carbocycles. The van der Waals surface area contributed by atoms with Crippen molar-refractivity contribution in [3.8, 4) is 0 Å². The molecule has 0 aromatic rings. The molecule has 2 heterocycles. The number of carbonyl (C=O) groups excluding carboxylic acids is 2. The van der Waals surface area contributed by atoms with Gasteiger partial charge in [0.1, 0.15) is 13.2 Å². The Morgan fingerprint density at radius 3 is 1.59 bits per heavy atom. The van der Waals surface area contributed by atoms with E-state index in [2.05, 4.69) is 24.0 Å². The molecule has 0 aromatic carbocycles. The van der Waals surface area contributed by atoms with E-state index in [1.807, 2.05) is 70.6 Å². The van der Waals surface area contributed by atoms with Crippen molar-refractivity contribution in [3.05, 3.63) is 45.9 Å². The molecular weight excluding hydrogens is 545 g/mol. The molecule has 4 nitrogen and oxygen atoms in total. The fraction of sp³-hybridized carbons (Fsp3) is 0.583. The van der Waals surface area contributed by atoms with Crippen LogP contribution in [0.2, 0.25) is 0 Å². The van der Waals surface area contributed by atoms with Crippen molar-refractivity contribution >= 4 is 82.5 Å². The molecule has 0 fully saturated rings. The Bertz CT molecular complexity index is 664. The number of esters is 2. The molecule has 2 aliphatic heterocycles. The van der Waals surface area contributed by atoms with E-state index >= 15 is 0 Å². The topological polar surface area (TPSA) is 52.6 Å². The zero-order chi connectivity index (χ0) is 24.4. The van der Waals surface area contributed by atoms with Gasteiger partial charge >= 0.3 is 11.9 Å². The second-order valence-corrected chi connectivity index (χ2v) is 15.1. The summed E-state index contributed by atoms with van der Waals surface area (Å²) in [5, 5.41) is 4.24. The van der Waals surface area contributed by atoms with Crippen molar-refractivity contribution < 1.29 is 19.1 Å². The first-order valence-corrected chi connectivity index (χ1v) is 17.3. The molecule has 10 heteroatoms. The van der Waals surface area contributed by atoms with E-state index in [9.17, 15) is 9.59 Å². The zero-order valence-electron chi connectivity index (χ0n) is 19.4. The lowest BCUT2D eigenvalue weighted by Gasteiger charge is -2.09. The highest BCUT2D eigenvalue weighted by atomic mass is 32.2. The maximum atomic E-state index is 11.1. The van der Waals surface area contributed by atoms with Gasteiger partial charge in [-0.3, -0.25) is 0 Å². The van der Waals surface area contributed by atoms with Crippen LogP contribution in [0.5, 0.6) is 0 Å². The molecule has 0 bridgehead atoms. The average molecular weight is 579 g/mol. The Hall–Kier alpha value is -0.000000000000000222. The van der Waals surface area contributed by atoms with Crippen LogP contribution in [-0.2, 0) is 19.1 Å². The number of hydrogen-bond acceptors (Lipinski definition) is 10. The minimum absolute atomic E-state index is 0.358. The molecular formula is C24H34O4S6. The Balaban J connectivity index is 1.31. The largest absolute Gasteiger partial charge is 0.457 e. The number of rotatable bonds is 19. The maximum absolute atomic E-state index is 11.1. The summed E-state index contributed by atoms with van der Waals surface area (Å²) in [6.45, 7) is 7.57. The van der Waals surface area contributed by atoms with Crippen molar-refractivity contribution in [1.29, 1.82) is 0 Å². The maximum Gasteiger partial charge on any atom is 0.330 e. The Morgan fingerprint density at radius 1 is 0.765 bits per heavy atom. The van der Waals surface area contributed by atoms with Crippen LogP contribution in [0.4, 0.5) is 0 Å². The predicted octanol–water partition coefficient (Wildman–Crippen LogP) is 7.55. The van der Waals surface area contributed by atoms with Crippen molar-refractivity contribution in [2.75, 3.05) is 36.2 Å². The van der Waals surface area contributed by atoms with Crippen LogP contribution in [-0.4, -0.2) is 57.3 Å². The second-order valence-electron chi connectivity index (χ2n) is 7.43. The van der Waals surface area contributed by atoms with Gasteiger partial charge in [0, 0.05) is 33.5 Å². The molecule has 0 amide bonds. The molecule has 0 saturated heterocycles. The normalized spacial score (nSPS) is 19.4. The number of carbonyl (C=O) groups is 2. The minimum Gasteiger partial charge on any atom is -0.457 e. The molecule has 2 atom stereocenters. The minimum atomic E-state index is -0.358. The van der Waals surface area contributed by atoms with Crippen LogP contribution >= 0.6 is 70.6 Å². The SMILES string of the molecule is C=CC(=O)OCC1=CSC(CSCCCCCCCCSCC2SC=C(COC(=O)C=C)S2)S1. The van der Waals surface area contributed by atoms with Gasteiger partial charge in [-0.15, -0.1) is 47.0 Å². The third-order valence-corrected chi connectivity index (χ3v) is 13.0. The lowest BCUT2D eigenvalue weighted by molar-refractivity contribution is -0.137. The van der Waals surface area contributed by atoms with Crippen molar-refractivity contribution in [1.82, 2.24) is 0 Å². The van der Waals surface area contributed by atoms with Crippen molar-refractivity contribution in [2.24, 2.45) is 0 Å². The molecule has 2 unspecified atom stereocenters. The Labute approximate surface area is 230 Å². The van der Waals surface area contributed by atoms with E-state index in [0.29, 0.717) is 22.4 Å². The molecule has 2 rings (SSSR count). The lowest BCUT2D eigenvalue weighted by Crippen LogP contribution is -2.03. The summed E-state index contributed by atoms with van der Waals surface area (Å²) < 4.78 is 11.3. The van der Waals surface area contributed by atoms with Gasteiger partial charge < -0.3 is 9.47 Å². The molecule has 34 heavy (non-hydrogen) atoms. The monoisotopic (exact) mass is 578 g/mol. The third kappa shape index (κ3) is 13.9. The van der Waals surface area contributed by atoms with E-state index in [-0.39, 0.29) is 11.9 Å². The fourth-order valence-electron chi connectivity index (χ4n) is 2.91. The van der Waals surface area contributed by atoms with E-state index in [1.54, 1.807) is 0 Å². The van der Waals surface area contributed by atoms with E-state index in [4.69, 9.17) is 9.47 Å². The number of hydrogen-bond donors (Lipinski definition) is 0. The third-order valence-electron chi connectivity index (χ3n) is 4.65. The molecule has 0 aromatic heterocycles. The summed E-state index contributed by atoms with van der Waals surface area (Å²) >= 11 is 11.4. The lowest BCUT2D eigenvalue weighted by atomic mass is 10.1. The molecule has 2 aliphatic rings. The van der Waals surface area contributed by atoms with Crippen molar-refractivity contribution in [2.45, 2.75) is 47.7 Å². The average Bonchev–Trinajstić information content (AvgIpc) is 3.51. The van der Waals surface area contributed by atoms with Gasteiger partial charge in [0.2, 0.25) is 0 Å². The summed E-state index contributed by atoms with van der Waals surface area (Å²) in [7, 11) is 0. The summed E-state index contributed by atoms with van der Waals surface area (Å²) in [6.07, 6.45) is 10.3. The molecule has 0 saturated carbocycles. The van der Waals surface area contributed by atoms with Crippen LogP contribution < -0.4 is 0 Å². The second kappa shape index (κ2) is 19.2. The Kier molecular flexibility index (Phi) is 17.0. The van der Waals surface area contributed by atoms with Crippen LogP contribution in [0.25, 0.3) is 0 Å². The molecule has 0 N–H and O–H groups in total. The highest BCUT2D eigenvalue weighted by Gasteiger charge is 2.20. The quantitative estimate of drug-likeness (QED) is 0.0872. The van der Waals surface area contributed by atoms with Crippen LogP contribution in [0, 0.1) is 0 Å². The van der Waals surface area contributed by atoms with E-state index in [1.165, 1.54) is 62.2 Å². The van der Waals surface area contributed by atoms with Crippen molar-refractivity contribution in [3.63, 3.8) is 0 Å². The standard InChI is InChI=1S/C24H34O4S6/c1-3-21(25)27-13-19-15-31-23(33-19)17-29-11-9-7-5-6-8-10-12-30-18-24-32-16-20(34-24)14-28-22(26)4-2/h3-4,15-16,23-24H,1-2,5-14,17-18H2. The van der Waals surface area contributed by atoms with Gasteiger partial charge in [-0.1, -0.05) is 38.8 Å².